The normalized spacial score (nSPS) is 14.3. The van der Waals surface area contributed by atoms with Gasteiger partial charge in [0.25, 0.3) is 0 Å². The summed E-state index contributed by atoms with van der Waals surface area (Å²) in [6.07, 6.45) is -34.8. The van der Waals surface area contributed by atoms with Gasteiger partial charge in [0.05, 0.1) is 0 Å². The van der Waals surface area contributed by atoms with Gasteiger partial charge in [-0.2, -0.15) is 0 Å². The van der Waals surface area contributed by atoms with Gasteiger partial charge in [0, 0.05) is 0 Å². The van der Waals surface area contributed by atoms with Crippen LogP contribution in [-0.2, 0) is 44.7 Å². The topological polar surface area (TPSA) is 26.3 Å². The van der Waals surface area contributed by atoms with Crippen LogP contribution in [0, 0.1) is 0 Å². The summed E-state index contributed by atoms with van der Waals surface area (Å²) >= 11 is -7.88. The summed E-state index contributed by atoms with van der Waals surface area (Å²) in [5, 5.41) is 0. The van der Waals surface area contributed by atoms with E-state index in [1.165, 1.54) is 0 Å². The third-order valence-corrected chi connectivity index (χ3v) is 21.4. The van der Waals surface area contributed by atoms with Crippen LogP contribution in [0.2, 0.25) is 0 Å². The number of rotatable bonds is 4. The summed E-state index contributed by atoms with van der Waals surface area (Å²) in [5.74, 6) is -1.89. The van der Waals surface area contributed by atoms with Gasteiger partial charge in [-0.25, -0.2) is 0 Å². The van der Waals surface area contributed by atoms with Crippen molar-refractivity contribution < 1.29 is 86.6 Å². The van der Waals surface area contributed by atoms with Crippen LogP contribution < -0.4 is 9.81 Å². The SMILES string of the molecule is CC(=O)[O][BiH]([c]1cc(C(F)(F)F)cc(C(F)(F)F)c1)([c]1cc(C(F)(F)F)cc(C(F)(F)F)c1)[c]1cc(C(F)(F)F)cc(C(F)(F)F)c1. The Hall–Kier alpha value is -3.25. The Kier molecular flexibility index (Phi) is 9.77. The maximum absolute atomic E-state index is 13.8. The molecule has 0 spiro atoms. The first-order valence-electron chi connectivity index (χ1n) is 12.0. The summed E-state index contributed by atoms with van der Waals surface area (Å²) in [4.78, 5) is 12.4. The molecule has 0 amide bonds. The Balaban J connectivity index is 2.82. The Morgan fingerprint density at radius 2 is 0.574 bits per heavy atom. The first kappa shape index (κ1) is 38.2. The molecule has 3 aromatic rings. The van der Waals surface area contributed by atoms with Gasteiger partial charge in [0.1, 0.15) is 0 Å². The van der Waals surface area contributed by atoms with E-state index in [1.807, 2.05) is 0 Å². The van der Waals surface area contributed by atoms with Gasteiger partial charge in [-0.15, -0.1) is 0 Å². The van der Waals surface area contributed by atoms with E-state index in [1.54, 1.807) is 0 Å². The number of alkyl halides is 18. The molecule has 0 aromatic heterocycles. The number of halogens is 18. The molecular weight excluding hydrogens is 895 g/mol. The molecule has 0 N–H and O–H groups in total. The van der Waals surface area contributed by atoms with Crippen LogP contribution in [0.25, 0.3) is 0 Å². The summed E-state index contributed by atoms with van der Waals surface area (Å²) in [7, 11) is 0. The summed E-state index contributed by atoms with van der Waals surface area (Å²) < 4.78 is 249. The molecule has 0 bridgehead atoms. The van der Waals surface area contributed by atoms with Crippen molar-refractivity contribution in [1.82, 2.24) is 0 Å². The zero-order valence-corrected chi connectivity index (χ0v) is 26.2. The molecule has 260 valence electrons. The van der Waals surface area contributed by atoms with Gasteiger partial charge in [0.15, 0.2) is 0 Å². The van der Waals surface area contributed by atoms with Gasteiger partial charge in [-0.05, 0) is 0 Å². The number of carbonyl (C=O) groups is 1. The third kappa shape index (κ3) is 8.43. The van der Waals surface area contributed by atoms with Crippen LogP contribution in [0.5, 0.6) is 0 Å². The van der Waals surface area contributed by atoms with Crippen molar-refractivity contribution in [2.75, 3.05) is 0 Å². The first-order chi connectivity index (χ1) is 20.9. The molecule has 2 nitrogen and oxygen atoms in total. The molecular formula is C26H13BiF18O2. The van der Waals surface area contributed by atoms with Crippen LogP contribution in [-0.4, -0.2) is 26.7 Å². The second-order valence-electron chi connectivity index (χ2n) is 9.66. The number of hydrogen-bond acceptors (Lipinski definition) is 2. The van der Waals surface area contributed by atoms with Crippen LogP contribution >= 0.6 is 0 Å². The molecule has 0 heterocycles. The second-order valence-corrected chi connectivity index (χ2v) is 22.5. The van der Waals surface area contributed by atoms with Crippen LogP contribution in [0.4, 0.5) is 79.0 Å². The van der Waals surface area contributed by atoms with Crippen LogP contribution in [0.1, 0.15) is 40.3 Å². The van der Waals surface area contributed by atoms with E-state index in [-0.39, 0.29) is 43.3 Å². The monoisotopic (exact) mass is 908 g/mol. The Labute approximate surface area is 254 Å². The Morgan fingerprint density at radius 1 is 0.404 bits per heavy atom. The standard InChI is InChI=1S/3C8H3F6.C2H4O2.Bi.H/c3*9-7(10,11)5-2-1-3-6(4-5)8(12,13)14;1-2(3)4;;/h3*2-4H;1H3,(H,3,4);;/q;;;;+1;/p-1. The summed E-state index contributed by atoms with van der Waals surface area (Å²) in [6.45, 7) is 0.281. The molecule has 0 fully saturated rings. The van der Waals surface area contributed by atoms with E-state index >= 15 is 0 Å². The average molecular weight is 908 g/mol. The van der Waals surface area contributed by atoms with E-state index in [2.05, 4.69) is 0 Å². The van der Waals surface area contributed by atoms with Gasteiger partial charge < -0.3 is 0 Å². The Bertz CT molecular complexity index is 1380. The molecule has 0 saturated carbocycles. The molecule has 0 aliphatic carbocycles. The Morgan fingerprint density at radius 3 is 0.702 bits per heavy atom. The van der Waals surface area contributed by atoms with E-state index in [9.17, 15) is 83.8 Å². The van der Waals surface area contributed by atoms with Crippen molar-refractivity contribution in [3.8, 4) is 0 Å². The summed E-state index contributed by atoms with van der Waals surface area (Å²) in [6, 6.07) is -3.84. The van der Waals surface area contributed by atoms with Crippen molar-refractivity contribution in [2.45, 2.75) is 44.0 Å². The van der Waals surface area contributed by atoms with Crippen molar-refractivity contribution in [1.29, 1.82) is 0 Å². The molecule has 0 aliphatic rings. The second kappa shape index (κ2) is 12.0. The van der Waals surface area contributed by atoms with E-state index in [0.29, 0.717) is 0 Å². The van der Waals surface area contributed by atoms with Crippen molar-refractivity contribution >= 4 is 36.5 Å². The van der Waals surface area contributed by atoms with Crippen molar-refractivity contribution in [2.24, 2.45) is 0 Å². The molecule has 0 saturated heterocycles. The molecule has 21 heteroatoms. The van der Waals surface area contributed by atoms with Crippen LogP contribution in [0.15, 0.2) is 54.6 Å². The minimum absolute atomic E-state index is 0.281. The third-order valence-electron chi connectivity index (χ3n) is 6.28. The van der Waals surface area contributed by atoms with E-state index in [0.717, 1.165) is 0 Å². The maximum atomic E-state index is 13.8. The fourth-order valence-electron chi connectivity index (χ4n) is 4.37. The molecule has 0 atom stereocenters. The van der Waals surface area contributed by atoms with Crippen molar-refractivity contribution in [3.63, 3.8) is 0 Å². The number of carbonyl (C=O) groups excluding carboxylic acids is 1. The predicted molar refractivity (Wildman–Crippen MR) is 127 cm³/mol. The van der Waals surface area contributed by atoms with E-state index < -0.39 is 125 Å². The average Bonchev–Trinajstić information content (AvgIpc) is 2.88. The molecule has 47 heavy (non-hydrogen) atoms. The van der Waals surface area contributed by atoms with Gasteiger partial charge >= 0.3 is 255 Å². The van der Waals surface area contributed by atoms with E-state index in [4.69, 9.17) is 2.81 Å². The zero-order chi connectivity index (χ0) is 36.3. The molecule has 0 aliphatic heterocycles. The van der Waals surface area contributed by atoms with Gasteiger partial charge in [-0.1, -0.05) is 0 Å². The zero-order valence-electron chi connectivity index (χ0n) is 22.3. The quantitative estimate of drug-likeness (QED) is 0.196. The molecule has 0 unspecified atom stereocenters. The van der Waals surface area contributed by atoms with Crippen LogP contribution in [0.3, 0.4) is 0 Å². The molecule has 3 rings (SSSR count). The van der Waals surface area contributed by atoms with Gasteiger partial charge in [0.2, 0.25) is 0 Å². The first-order valence-corrected chi connectivity index (χ1v) is 19.4. The predicted octanol–water partition coefficient (Wildman–Crippen LogP) is 8.06. The fraction of sp³-hybridized carbons (Fsp3) is 0.269. The van der Waals surface area contributed by atoms with Crippen molar-refractivity contribution in [3.05, 3.63) is 88.0 Å². The fourth-order valence-corrected chi connectivity index (χ4v) is 19.7. The number of hydrogen-bond donors (Lipinski definition) is 0. The molecule has 0 radical (unpaired) electrons. The molecule has 3 aromatic carbocycles. The van der Waals surface area contributed by atoms with Gasteiger partial charge in [-0.3, -0.25) is 0 Å². The number of benzene rings is 3. The minimum atomic E-state index is -7.88. The summed E-state index contributed by atoms with van der Waals surface area (Å²) in [5.41, 5.74) is -14.0.